The number of aromatic amines is 1. The molecule has 3 N–H and O–H groups in total. The van der Waals surface area contributed by atoms with Crippen molar-refractivity contribution >= 4 is 22.7 Å². The molecule has 0 aliphatic rings. The van der Waals surface area contributed by atoms with Crippen molar-refractivity contribution in [3.05, 3.63) is 83.2 Å². The Kier molecular flexibility index (Phi) is 4.78. The van der Waals surface area contributed by atoms with Crippen molar-refractivity contribution in [3.8, 4) is 11.3 Å². The van der Waals surface area contributed by atoms with Gasteiger partial charge in [0.1, 0.15) is 5.69 Å². The molecule has 4 aromatic rings. The third kappa shape index (κ3) is 3.84. The topological polar surface area (TPSA) is 99.8 Å². The lowest BCUT2D eigenvalue weighted by molar-refractivity contribution is 0.0844. The molecule has 7 heteroatoms. The van der Waals surface area contributed by atoms with Crippen LogP contribution in [0.15, 0.2) is 60.7 Å². The first kappa shape index (κ1) is 18.4. The first-order valence-electron chi connectivity index (χ1n) is 9.11. The third-order valence-corrected chi connectivity index (χ3v) is 4.52. The predicted molar refractivity (Wildman–Crippen MR) is 110 cm³/mol. The highest BCUT2D eigenvalue weighted by Crippen LogP contribution is 2.20. The van der Waals surface area contributed by atoms with Gasteiger partial charge in [-0.3, -0.25) is 30.5 Å². The number of benzene rings is 2. The molecule has 2 amide bonds. The normalized spacial score (nSPS) is 10.7. The second kappa shape index (κ2) is 7.55. The molecule has 144 valence electrons. The van der Waals surface area contributed by atoms with Crippen LogP contribution >= 0.6 is 0 Å². The first-order chi connectivity index (χ1) is 14.0. The molecule has 0 spiro atoms. The summed E-state index contributed by atoms with van der Waals surface area (Å²) >= 11 is 0. The second-order valence-electron chi connectivity index (χ2n) is 6.77. The van der Waals surface area contributed by atoms with Gasteiger partial charge >= 0.3 is 0 Å². The van der Waals surface area contributed by atoms with Gasteiger partial charge in [-0.1, -0.05) is 42.0 Å². The van der Waals surface area contributed by atoms with Gasteiger partial charge in [0.15, 0.2) is 0 Å². The standard InChI is InChI=1S/C22H19N5O2/c1-13-8-9-18-16(10-13)17(11-14(2)23-18)21(28)26-27-22(29)20-12-19(24-25-20)15-6-4-3-5-7-15/h3-12H,1-2H3,(H,24,25)(H,26,28)(H,27,29). The number of nitrogens with zero attached hydrogens (tertiary/aromatic N) is 2. The number of carbonyl (C=O) groups excluding carboxylic acids is 2. The summed E-state index contributed by atoms with van der Waals surface area (Å²) in [6, 6.07) is 18.6. The van der Waals surface area contributed by atoms with Gasteiger partial charge in [-0.05, 0) is 38.1 Å². The van der Waals surface area contributed by atoms with Gasteiger partial charge < -0.3 is 0 Å². The minimum atomic E-state index is -0.487. The van der Waals surface area contributed by atoms with Crippen molar-refractivity contribution in [3.63, 3.8) is 0 Å². The van der Waals surface area contributed by atoms with E-state index in [1.807, 2.05) is 62.4 Å². The molecule has 7 nitrogen and oxygen atoms in total. The number of nitrogens with one attached hydrogen (secondary N) is 3. The monoisotopic (exact) mass is 385 g/mol. The van der Waals surface area contributed by atoms with E-state index in [1.165, 1.54) is 0 Å². The number of pyridine rings is 1. The molecule has 0 saturated carbocycles. The molecule has 0 bridgehead atoms. The van der Waals surface area contributed by atoms with Crippen molar-refractivity contribution < 1.29 is 9.59 Å². The summed E-state index contributed by atoms with van der Waals surface area (Å²) in [5, 5.41) is 7.57. The lowest BCUT2D eigenvalue weighted by atomic mass is 10.0. The largest absolute Gasteiger partial charge is 0.287 e. The Morgan fingerprint density at radius 1 is 0.897 bits per heavy atom. The minimum absolute atomic E-state index is 0.246. The number of fused-ring (bicyclic) bond motifs is 1. The van der Waals surface area contributed by atoms with Gasteiger partial charge in [0.05, 0.1) is 16.8 Å². The average molecular weight is 385 g/mol. The van der Waals surface area contributed by atoms with Crippen LogP contribution in [0.3, 0.4) is 0 Å². The number of H-pyrrole nitrogens is 1. The molecule has 0 saturated heterocycles. The zero-order chi connectivity index (χ0) is 20.4. The Labute approximate surface area is 167 Å². The third-order valence-electron chi connectivity index (χ3n) is 4.52. The molecule has 0 atom stereocenters. The maximum absolute atomic E-state index is 12.7. The molecule has 0 aliphatic heterocycles. The average Bonchev–Trinajstić information content (AvgIpc) is 3.22. The van der Waals surface area contributed by atoms with E-state index in [9.17, 15) is 9.59 Å². The summed E-state index contributed by atoms with van der Waals surface area (Å²) in [5.41, 5.74) is 9.61. The Morgan fingerprint density at radius 3 is 2.45 bits per heavy atom. The summed E-state index contributed by atoms with van der Waals surface area (Å²) in [6.07, 6.45) is 0. The van der Waals surface area contributed by atoms with Crippen LogP contribution in [0.4, 0.5) is 0 Å². The van der Waals surface area contributed by atoms with Gasteiger partial charge in [-0.2, -0.15) is 5.10 Å². The molecular formula is C22H19N5O2. The van der Waals surface area contributed by atoms with Crippen LogP contribution < -0.4 is 10.9 Å². The number of aryl methyl sites for hydroxylation is 2. The molecular weight excluding hydrogens is 366 g/mol. The lowest BCUT2D eigenvalue weighted by Gasteiger charge is -2.10. The number of carbonyl (C=O) groups is 2. The van der Waals surface area contributed by atoms with Crippen LogP contribution in [0, 0.1) is 13.8 Å². The quantitative estimate of drug-likeness (QED) is 0.471. The van der Waals surface area contributed by atoms with Crippen molar-refractivity contribution in [1.29, 1.82) is 0 Å². The Hall–Kier alpha value is -4.00. The Bertz CT molecular complexity index is 1210. The fourth-order valence-corrected chi connectivity index (χ4v) is 3.10. The van der Waals surface area contributed by atoms with E-state index in [4.69, 9.17) is 0 Å². The first-order valence-corrected chi connectivity index (χ1v) is 9.11. The molecule has 2 aromatic carbocycles. The van der Waals surface area contributed by atoms with E-state index >= 15 is 0 Å². The number of amides is 2. The molecule has 4 rings (SSSR count). The highest BCUT2D eigenvalue weighted by atomic mass is 16.2. The maximum Gasteiger partial charge on any atom is 0.287 e. The number of hydrogen-bond acceptors (Lipinski definition) is 4. The van der Waals surface area contributed by atoms with Crippen LogP contribution in [0.1, 0.15) is 32.1 Å². The number of hydrogen-bond donors (Lipinski definition) is 3. The van der Waals surface area contributed by atoms with Crippen molar-refractivity contribution in [2.24, 2.45) is 0 Å². The predicted octanol–water partition coefficient (Wildman–Crippen LogP) is 3.32. The molecule has 0 unspecified atom stereocenters. The van der Waals surface area contributed by atoms with Gasteiger partial charge in [-0.25, -0.2) is 0 Å². The summed E-state index contributed by atoms with van der Waals surface area (Å²) in [6.45, 7) is 3.77. The fraction of sp³-hybridized carbons (Fsp3) is 0.0909. The molecule has 2 heterocycles. The number of aromatic nitrogens is 3. The van der Waals surface area contributed by atoms with E-state index in [-0.39, 0.29) is 5.69 Å². The molecule has 2 aromatic heterocycles. The smallest absolute Gasteiger partial charge is 0.272 e. The van der Waals surface area contributed by atoms with Crippen molar-refractivity contribution in [2.75, 3.05) is 0 Å². The van der Waals surface area contributed by atoms with E-state index in [2.05, 4.69) is 26.0 Å². The number of hydrazine groups is 1. The number of rotatable bonds is 3. The van der Waals surface area contributed by atoms with Crippen LogP contribution in [0.5, 0.6) is 0 Å². The van der Waals surface area contributed by atoms with E-state index in [0.717, 1.165) is 27.7 Å². The summed E-state index contributed by atoms with van der Waals surface area (Å²) in [5.74, 6) is -0.901. The van der Waals surface area contributed by atoms with Gasteiger partial charge in [0, 0.05) is 16.6 Å². The van der Waals surface area contributed by atoms with Crippen LogP contribution in [0.2, 0.25) is 0 Å². The van der Waals surface area contributed by atoms with E-state index in [0.29, 0.717) is 11.3 Å². The fourth-order valence-electron chi connectivity index (χ4n) is 3.10. The highest BCUT2D eigenvalue weighted by Gasteiger charge is 2.15. The van der Waals surface area contributed by atoms with Crippen molar-refractivity contribution in [1.82, 2.24) is 26.0 Å². The zero-order valence-corrected chi connectivity index (χ0v) is 16.0. The Balaban J connectivity index is 1.50. The van der Waals surface area contributed by atoms with Gasteiger partial charge in [-0.15, -0.1) is 0 Å². The Morgan fingerprint density at radius 2 is 1.66 bits per heavy atom. The molecule has 0 radical (unpaired) electrons. The highest BCUT2D eigenvalue weighted by molar-refractivity contribution is 6.07. The van der Waals surface area contributed by atoms with Crippen LogP contribution in [-0.4, -0.2) is 27.0 Å². The zero-order valence-electron chi connectivity index (χ0n) is 16.0. The van der Waals surface area contributed by atoms with E-state index in [1.54, 1.807) is 12.1 Å². The summed E-state index contributed by atoms with van der Waals surface area (Å²) < 4.78 is 0. The molecule has 29 heavy (non-hydrogen) atoms. The van der Waals surface area contributed by atoms with Crippen LogP contribution in [0.25, 0.3) is 22.2 Å². The molecule has 0 fully saturated rings. The second-order valence-corrected chi connectivity index (χ2v) is 6.77. The summed E-state index contributed by atoms with van der Waals surface area (Å²) in [7, 11) is 0. The van der Waals surface area contributed by atoms with Gasteiger partial charge in [0.25, 0.3) is 11.8 Å². The van der Waals surface area contributed by atoms with Crippen LogP contribution in [-0.2, 0) is 0 Å². The molecule has 0 aliphatic carbocycles. The van der Waals surface area contributed by atoms with E-state index < -0.39 is 11.8 Å². The minimum Gasteiger partial charge on any atom is -0.272 e. The van der Waals surface area contributed by atoms with Gasteiger partial charge in [0.2, 0.25) is 0 Å². The maximum atomic E-state index is 12.7. The lowest BCUT2D eigenvalue weighted by Crippen LogP contribution is -2.41. The summed E-state index contributed by atoms with van der Waals surface area (Å²) in [4.78, 5) is 29.6. The SMILES string of the molecule is Cc1ccc2nc(C)cc(C(=O)NNC(=O)c3cc(-c4ccccc4)n[nH]3)c2c1. The van der Waals surface area contributed by atoms with Crippen molar-refractivity contribution in [2.45, 2.75) is 13.8 Å².